The van der Waals surface area contributed by atoms with E-state index in [-0.39, 0.29) is 37.1 Å². The molecule has 0 saturated heterocycles. The number of hydrogen-bond acceptors (Lipinski definition) is 3. The van der Waals surface area contributed by atoms with Crippen molar-refractivity contribution in [2.45, 2.75) is 44.8 Å². The van der Waals surface area contributed by atoms with Crippen LogP contribution in [0.5, 0.6) is 0 Å². The monoisotopic (exact) mass is 539 g/mol. The minimum atomic E-state index is -4.36. The Balaban J connectivity index is 0.00000450. The number of guanidine groups is 1. The third kappa shape index (κ3) is 10.3. The number of halogens is 4. The minimum absolute atomic E-state index is 0. The van der Waals surface area contributed by atoms with Gasteiger partial charge in [0.05, 0.1) is 18.4 Å². The first-order chi connectivity index (χ1) is 14.0. The number of nitrogens with zero attached hydrogens (tertiary/aromatic N) is 1. The van der Waals surface area contributed by atoms with Gasteiger partial charge < -0.3 is 20.2 Å². The fourth-order valence-corrected chi connectivity index (χ4v) is 2.75. The molecule has 30 heavy (non-hydrogen) atoms. The second-order valence-corrected chi connectivity index (χ2v) is 6.68. The number of furan rings is 1. The summed E-state index contributed by atoms with van der Waals surface area (Å²) >= 11 is 0. The molecule has 1 heterocycles. The Kier molecular flexibility index (Phi) is 12.5. The van der Waals surface area contributed by atoms with Crippen molar-refractivity contribution in [2.24, 2.45) is 4.99 Å². The number of aliphatic hydroxyl groups excluding tert-OH is 1. The van der Waals surface area contributed by atoms with Crippen molar-refractivity contribution in [3.63, 3.8) is 0 Å². The highest BCUT2D eigenvalue weighted by Gasteiger charge is 2.30. The lowest BCUT2D eigenvalue weighted by atomic mass is 10.1. The summed E-state index contributed by atoms with van der Waals surface area (Å²) < 4.78 is 43.9. The fourth-order valence-electron chi connectivity index (χ4n) is 2.75. The molecule has 0 atom stereocenters. The van der Waals surface area contributed by atoms with Crippen LogP contribution in [0.4, 0.5) is 13.2 Å². The number of aliphatic imine (C=N–C) groups is 1. The first-order valence-electron chi connectivity index (χ1n) is 9.80. The van der Waals surface area contributed by atoms with Gasteiger partial charge in [0.15, 0.2) is 5.96 Å². The van der Waals surface area contributed by atoms with Crippen LogP contribution in [0.2, 0.25) is 0 Å². The van der Waals surface area contributed by atoms with E-state index in [4.69, 9.17) is 9.52 Å². The second-order valence-electron chi connectivity index (χ2n) is 6.68. The molecule has 0 saturated carbocycles. The fraction of sp³-hybridized carbons (Fsp3) is 0.476. The molecule has 0 radical (unpaired) electrons. The van der Waals surface area contributed by atoms with Gasteiger partial charge in [-0.15, -0.1) is 24.0 Å². The van der Waals surface area contributed by atoms with Crippen LogP contribution in [0.3, 0.4) is 0 Å². The van der Waals surface area contributed by atoms with Gasteiger partial charge in [-0.3, -0.25) is 0 Å². The Morgan fingerprint density at radius 2 is 1.77 bits per heavy atom. The number of alkyl halides is 3. The molecule has 0 unspecified atom stereocenters. The van der Waals surface area contributed by atoms with E-state index in [1.54, 1.807) is 12.3 Å². The van der Waals surface area contributed by atoms with E-state index in [2.05, 4.69) is 15.6 Å². The summed E-state index contributed by atoms with van der Waals surface area (Å²) in [5.74, 6) is 1.40. The summed E-state index contributed by atoms with van der Waals surface area (Å²) in [4.78, 5) is 4.43. The average molecular weight is 539 g/mol. The van der Waals surface area contributed by atoms with Crippen molar-refractivity contribution in [1.82, 2.24) is 10.6 Å². The number of benzene rings is 1. The van der Waals surface area contributed by atoms with Gasteiger partial charge >= 0.3 is 6.18 Å². The number of aliphatic hydroxyl groups is 1. The molecular weight excluding hydrogens is 510 g/mol. The highest BCUT2D eigenvalue weighted by Crippen LogP contribution is 2.29. The zero-order chi connectivity index (χ0) is 21.0. The van der Waals surface area contributed by atoms with Crippen molar-refractivity contribution in [2.75, 3.05) is 19.7 Å². The van der Waals surface area contributed by atoms with Gasteiger partial charge in [0.25, 0.3) is 0 Å². The highest BCUT2D eigenvalue weighted by molar-refractivity contribution is 14.0. The molecule has 0 spiro atoms. The molecule has 168 valence electrons. The molecular formula is C21H29F3IN3O2. The highest BCUT2D eigenvalue weighted by atomic mass is 127. The van der Waals surface area contributed by atoms with Crippen LogP contribution in [0, 0.1) is 0 Å². The molecule has 0 aliphatic heterocycles. The maximum absolute atomic E-state index is 12.9. The SMILES string of the molecule is I.OCCCCCCNC(=NCc1cccc(C(F)(F)F)c1)NCCc1ccco1. The van der Waals surface area contributed by atoms with Crippen LogP contribution in [-0.4, -0.2) is 30.8 Å². The summed E-state index contributed by atoms with van der Waals surface area (Å²) in [7, 11) is 0. The van der Waals surface area contributed by atoms with E-state index in [9.17, 15) is 13.2 Å². The van der Waals surface area contributed by atoms with Crippen molar-refractivity contribution in [3.8, 4) is 0 Å². The zero-order valence-corrected chi connectivity index (χ0v) is 19.1. The predicted octanol–water partition coefficient (Wildman–Crippen LogP) is 4.75. The molecule has 0 fully saturated rings. The number of unbranched alkanes of at least 4 members (excludes halogenated alkanes) is 3. The molecule has 1 aromatic heterocycles. The van der Waals surface area contributed by atoms with Gasteiger partial charge in [-0.2, -0.15) is 13.2 Å². The normalized spacial score (nSPS) is 11.8. The maximum atomic E-state index is 12.9. The Bertz CT molecular complexity index is 737. The Morgan fingerprint density at radius 1 is 1.00 bits per heavy atom. The van der Waals surface area contributed by atoms with Gasteiger partial charge in [-0.05, 0) is 42.7 Å². The number of rotatable bonds is 11. The maximum Gasteiger partial charge on any atom is 0.416 e. The molecule has 0 aliphatic carbocycles. The molecule has 1 aromatic carbocycles. The molecule has 0 aliphatic rings. The van der Waals surface area contributed by atoms with Crippen LogP contribution < -0.4 is 10.6 Å². The third-order valence-electron chi connectivity index (χ3n) is 4.30. The topological polar surface area (TPSA) is 69.8 Å². The van der Waals surface area contributed by atoms with Crippen LogP contribution in [0.25, 0.3) is 0 Å². The van der Waals surface area contributed by atoms with Gasteiger partial charge in [0.2, 0.25) is 0 Å². The van der Waals surface area contributed by atoms with Crippen LogP contribution in [0.1, 0.15) is 42.6 Å². The minimum Gasteiger partial charge on any atom is -0.469 e. The van der Waals surface area contributed by atoms with Crippen molar-refractivity contribution >= 4 is 29.9 Å². The Labute approximate surface area is 192 Å². The van der Waals surface area contributed by atoms with Gasteiger partial charge in [0.1, 0.15) is 5.76 Å². The van der Waals surface area contributed by atoms with E-state index in [0.717, 1.165) is 43.6 Å². The lowest BCUT2D eigenvalue weighted by Gasteiger charge is -2.13. The van der Waals surface area contributed by atoms with E-state index in [1.165, 1.54) is 6.07 Å². The van der Waals surface area contributed by atoms with E-state index in [1.807, 2.05) is 12.1 Å². The summed E-state index contributed by atoms with van der Waals surface area (Å²) in [5.41, 5.74) is -0.177. The molecule has 5 nitrogen and oxygen atoms in total. The summed E-state index contributed by atoms with van der Waals surface area (Å²) in [5, 5.41) is 15.2. The van der Waals surface area contributed by atoms with Crippen LogP contribution in [-0.2, 0) is 19.1 Å². The molecule has 9 heteroatoms. The Morgan fingerprint density at radius 3 is 2.47 bits per heavy atom. The quantitative estimate of drug-likeness (QED) is 0.167. The average Bonchev–Trinajstić information content (AvgIpc) is 3.21. The standard InChI is InChI=1S/C21H28F3N3O2.HI/c22-21(23,24)18-8-5-7-17(15-18)16-27-20(25-11-3-1-2-4-13-28)26-12-10-19-9-6-14-29-19;/h5-9,14-15,28H,1-4,10-13,16H2,(H2,25,26,27);1H. The predicted molar refractivity (Wildman–Crippen MR) is 122 cm³/mol. The smallest absolute Gasteiger partial charge is 0.416 e. The van der Waals surface area contributed by atoms with Gasteiger partial charge in [0, 0.05) is 26.1 Å². The van der Waals surface area contributed by atoms with Gasteiger partial charge in [-0.25, -0.2) is 4.99 Å². The van der Waals surface area contributed by atoms with Gasteiger partial charge in [-0.1, -0.05) is 25.0 Å². The Hall–Kier alpha value is -1.75. The first-order valence-corrected chi connectivity index (χ1v) is 9.80. The van der Waals surface area contributed by atoms with Crippen molar-refractivity contribution in [3.05, 3.63) is 59.5 Å². The van der Waals surface area contributed by atoms with Crippen LogP contribution >= 0.6 is 24.0 Å². The lowest BCUT2D eigenvalue weighted by molar-refractivity contribution is -0.137. The lowest BCUT2D eigenvalue weighted by Crippen LogP contribution is -2.39. The number of hydrogen-bond donors (Lipinski definition) is 3. The molecule has 0 bridgehead atoms. The molecule has 0 amide bonds. The van der Waals surface area contributed by atoms with E-state index in [0.29, 0.717) is 31.0 Å². The first kappa shape index (κ1) is 26.3. The second kappa shape index (κ2) is 14.3. The van der Waals surface area contributed by atoms with Crippen LogP contribution in [0.15, 0.2) is 52.1 Å². The summed E-state index contributed by atoms with van der Waals surface area (Å²) in [6.45, 7) is 1.63. The molecule has 2 aromatic rings. The largest absolute Gasteiger partial charge is 0.469 e. The van der Waals surface area contributed by atoms with E-state index < -0.39 is 11.7 Å². The molecule has 2 rings (SSSR count). The van der Waals surface area contributed by atoms with E-state index >= 15 is 0 Å². The molecule has 3 N–H and O–H groups in total. The summed E-state index contributed by atoms with van der Waals surface area (Å²) in [6, 6.07) is 8.91. The zero-order valence-electron chi connectivity index (χ0n) is 16.8. The number of nitrogens with one attached hydrogen (secondary N) is 2. The van der Waals surface area contributed by atoms with Crippen molar-refractivity contribution < 1.29 is 22.7 Å². The summed E-state index contributed by atoms with van der Waals surface area (Å²) in [6.07, 6.45) is 1.58. The van der Waals surface area contributed by atoms with Crippen molar-refractivity contribution in [1.29, 1.82) is 0 Å². The third-order valence-corrected chi connectivity index (χ3v) is 4.30.